The lowest BCUT2D eigenvalue weighted by Gasteiger charge is -2.32. The van der Waals surface area contributed by atoms with Crippen LogP contribution in [0.25, 0.3) is 0 Å². The predicted octanol–water partition coefficient (Wildman–Crippen LogP) is 8.37. The largest absolute Gasteiger partial charge is 0.303 e. The number of rotatable bonds is 18. The van der Waals surface area contributed by atoms with E-state index in [4.69, 9.17) is 0 Å². The molecule has 1 rings (SSSR count). The van der Waals surface area contributed by atoms with Crippen molar-refractivity contribution in [1.82, 2.24) is 4.90 Å². The first-order chi connectivity index (χ1) is 12.9. The molecule has 0 radical (unpaired) electrons. The molecule has 0 bridgehead atoms. The van der Waals surface area contributed by atoms with Crippen LogP contribution in [0.1, 0.15) is 136 Å². The number of piperidine rings is 1. The number of hydrogen-bond acceptors (Lipinski definition) is 1. The van der Waals surface area contributed by atoms with Gasteiger partial charge >= 0.3 is 0 Å². The van der Waals surface area contributed by atoms with E-state index in [9.17, 15) is 0 Å². The standard InChI is InChI=1S/C25H51N/c1-3-5-7-9-11-13-15-17-20-25-21-19-23-26(24-25)22-18-16-14-12-10-8-6-4-2/h25H,3-24H2,1-2H3. The van der Waals surface area contributed by atoms with E-state index >= 15 is 0 Å². The van der Waals surface area contributed by atoms with Crippen molar-refractivity contribution in [2.45, 2.75) is 136 Å². The highest BCUT2D eigenvalue weighted by Crippen LogP contribution is 2.23. The van der Waals surface area contributed by atoms with Crippen molar-refractivity contribution < 1.29 is 0 Å². The highest BCUT2D eigenvalue weighted by Gasteiger charge is 2.18. The van der Waals surface area contributed by atoms with Crippen LogP contribution in [0.4, 0.5) is 0 Å². The Morgan fingerprint density at radius 1 is 0.615 bits per heavy atom. The molecular weight excluding hydrogens is 314 g/mol. The van der Waals surface area contributed by atoms with E-state index in [0.29, 0.717) is 0 Å². The van der Waals surface area contributed by atoms with Crippen LogP contribution < -0.4 is 0 Å². The van der Waals surface area contributed by atoms with Gasteiger partial charge in [0.05, 0.1) is 0 Å². The third-order valence-corrected chi connectivity index (χ3v) is 6.40. The highest BCUT2D eigenvalue weighted by molar-refractivity contribution is 4.73. The maximum Gasteiger partial charge on any atom is 0.000966 e. The molecule has 1 heteroatoms. The molecule has 1 atom stereocenters. The molecule has 0 aromatic heterocycles. The Morgan fingerprint density at radius 3 is 1.69 bits per heavy atom. The van der Waals surface area contributed by atoms with Crippen LogP contribution in [0.3, 0.4) is 0 Å². The molecule has 1 unspecified atom stereocenters. The maximum absolute atomic E-state index is 2.79. The number of hydrogen-bond donors (Lipinski definition) is 0. The van der Waals surface area contributed by atoms with Crippen LogP contribution >= 0.6 is 0 Å². The second kappa shape index (κ2) is 18.3. The van der Waals surface area contributed by atoms with Crippen LogP contribution in [0.5, 0.6) is 0 Å². The van der Waals surface area contributed by atoms with Gasteiger partial charge in [-0.05, 0) is 44.7 Å². The van der Waals surface area contributed by atoms with E-state index in [-0.39, 0.29) is 0 Å². The van der Waals surface area contributed by atoms with Crippen molar-refractivity contribution in [3.63, 3.8) is 0 Å². The molecule has 1 nitrogen and oxygen atoms in total. The number of unbranched alkanes of at least 4 members (excludes halogenated alkanes) is 14. The zero-order valence-electron chi connectivity index (χ0n) is 18.6. The smallest absolute Gasteiger partial charge is 0.000966 e. The van der Waals surface area contributed by atoms with Gasteiger partial charge in [0.25, 0.3) is 0 Å². The van der Waals surface area contributed by atoms with Crippen molar-refractivity contribution in [3.05, 3.63) is 0 Å². The monoisotopic (exact) mass is 365 g/mol. The lowest BCUT2D eigenvalue weighted by Crippen LogP contribution is -2.36. The summed E-state index contributed by atoms with van der Waals surface area (Å²) in [6.45, 7) is 8.78. The van der Waals surface area contributed by atoms with Gasteiger partial charge in [0.1, 0.15) is 0 Å². The summed E-state index contributed by atoms with van der Waals surface area (Å²) in [6, 6.07) is 0. The van der Waals surface area contributed by atoms with Gasteiger partial charge in [0.15, 0.2) is 0 Å². The van der Waals surface area contributed by atoms with Gasteiger partial charge < -0.3 is 4.90 Å². The molecule has 0 amide bonds. The molecule has 0 aliphatic carbocycles. The summed E-state index contributed by atoms with van der Waals surface area (Å²) in [5.74, 6) is 1.01. The topological polar surface area (TPSA) is 3.24 Å². The van der Waals surface area contributed by atoms with Gasteiger partial charge in [-0.1, -0.05) is 110 Å². The minimum atomic E-state index is 1.01. The fourth-order valence-electron chi connectivity index (χ4n) is 4.63. The molecule has 0 aromatic carbocycles. The van der Waals surface area contributed by atoms with Gasteiger partial charge in [0.2, 0.25) is 0 Å². The van der Waals surface area contributed by atoms with Crippen LogP contribution in [0.15, 0.2) is 0 Å². The molecule has 1 saturated heterocycles. The molecule has 1 aliphatic rings. The molecule has 0 saturated carbocycles. The molecule has 1 fully saturated rings. The van der Waals surface area contributed by atoms with Crippen LogP contribution in [0.2, 0.25) is 0 Å². The molecule has 1 heterocycles. The summed E-state index contributed by atoms with van der Waals surface area (Å²) in [7, 11) is 0. The summed E-state index contributed by atoms with van der Waals surface area (Å²) < 4.78 is 0. The minimum Gasteiger partial charge on any atom is -0.303 e. The SMILES string of the molecule is CCCCCCCCCCC1CCCN(CCCCCCCCCC)C1. The highest BCUT2D eigenvalue weighted by atomic mass is 15.1. The van der Waals surface area contributed by atoms with E-state index in [1.165, 1.54) is 142 Å². The third-order valence-electron chi connectivity index (χ3n) is 6.40. The Hall–Kier alpha value is -0.0400. The van der Waals surface area contributed by atoms with Crippen molar-refractivity contribution >= 4 is 0 Å². The van der Waals surface area contributed by atoms with Gasteiger partial charge in [0, 0.05) is 6.54 Å². The lowest BCUT2D eigenvalue weighted by molar-refractivity contribution is 0.163. The van der Waals surface area contributed by atoms with Gasteiger partial charge in [-0.3, -0.25) is 0 Å². The van der Waals surface area contributed by atoms with Crippen LogP contribution in [-0.4, -0.2) is 24.5 Å². The Bertz CT molecular complexity index is 249. The van der Waals surface area contributed by atoms with Crippen molar-refractivity contribution in [1.29, 1.82) is 0 Å². The zero-order chi connectivity index (χ0) is 18.7. The lowest BCUT2D eigenvalue weighted by atomic mass is 9.92. The maximum atomic E-state index is 2.79. The van der Waals surface area contributed by atoms with E-state index in [1.807, 2.05) is 0 Å². The molecule has 0 aromatic rings. The molecule has 0 N–H and O–H groups in total. The predicted molar refractivity (Wildman–Crippen MR) is 119 cm³/mol. The Balaban J connectivity index is 1.91. The van der Waals surface area contributed by atoms with Crippen molar-refractivity contribution in [2.24, 2.45) is 5.92 Å². The normalized spacial score (nSPS) is 18.5. The van der Waals surface area contributed by atoms with Crippen LogP contribution in [0, 0.1) is 5.92 Å². The van der Waals surface area contributed by atoms with Gasteiger partial charge in [-0.25, -0.2) is 0 Å². The Labute approximate surface area is 166 Å². The molecular formula is C25H51N. The fraction of sp³-hybridized carbons (Fsp3) is 1.00. The summed E-state index contributed by atoms with van der Waals surface area (Å²) >= 11 is 0. The minimum absolute atomic E-state index is 1.01. The number of likely N-dealkylation sites (tertiary alicyclic amines) is 1. The third kappa shape index (κ3) is 14.1. The zero-order valence-corrected chi connectivity index (χ0v) is 18.6. The second-order valence-corrected chi connectivity index (χ2v) is 9.05. The second-order valence-electron chi connectivity index (χ2n) is 9.05. The quantitative estimate of drug-likeness (QED) is 0.220. The van der Waals surface area contributed by atoms with E-state index < -0.39 is 0 Å². The van der Waals surface area contributed by atoms with E-state index in [2.05, 4.69) is 18.7 Å². The molecule has 26 heavy (non-hydrogen) atoms. The molecule has 1 aliphatic heterocycles. The molecule has 156 valence electrons. The first-order valence-corrected chi connectivity index (χ1v) is 12.6. The fourth-order valence-corrected chi connectivity index (χ4v) is 4.63. The van der Waals surface area contributed by atoms with Crippen molar-refractivity contribution in [2.75, 3.05) is 19.6 Å². The van der Waals surface area contributed by atoms with Gasteiger partial charge in [-0.2, -0.15) is 0 Å². The van der Waals surface area contributed by atoms with Crippen molar-refractivity contribution in [3.8, 4) is 0 Å². The number of nitrogens with zero attached hydrogens (tertiary/aromatic N) is 1. The van der Waals surface area contributed by atoms with E-state index in [1.54, 1.807) is 0 Å². The molecule has 0 spiro atoms. The average molecular weight is 366 g/mol. The average Bonchev–Trinajstić information content (AvgIpc) is 2.66. The van der Waals surface area contributed by atoms with Gasteiger partial charge in [-0.15, -0.1) is 0 Å². The summed E-state index contributed by atoms with van der Waals surface area (Å²) in [6.07, 6.45) is 27.8. The Kier molecular flexibility index (Phi) is 16.9. The summed E-state index contributed by atoms with van der Waals surface area (Å²) in [4.78, 5) is 2.79. The Morgan fingerprint density at radius 2 is 1.12 bits per heavy atom. The summed E-state index contributed by atoms with van der Waals surface area (Å²) in [5.41, 5.74) is 0. The first kappa shape index (κ1) is 24.0. The van der Waals surface area contributed by atoms with Crippen LogP contribution in [-0.2, 0) is 0 Å². The first-order valence-electron chi connectivity index (χ1n) is 12.6. The summed E-state index contributed by atoms with van der Waals surface area (Å²) in [5, 5.41) is 0. The van der Waals surface area contributed by atoms with E-state index in [0.717, 1.165) is 5.92 Å².